The van der Waals surface area contributed by atoms with E-state index in [0.717, 1.165) is 35.2 Å². The summed E-state index contributed by atoms with van der Waals surface area (Å²) in [6.45, 7) is 0.850. The van der Waals surface area contributed by atoms with Crippen LogP contribution in [0.25, 0.3) is 0 Å². The SMILES string of the molecule is COc1ccc(NCCc2nccs2)cc1OC. The molecule has 2 aromatic rings. The van der Waals surface area contributed by atoms with E-state index in [1.165, 1.54) is 0 Å². The molecule has 0 spiro atoms. The fourth-order valence-corrected chi connectivity index (χ4v) is 2.26. The molecule has 0 bridgehead atoms. The van der Waals surface area contributed by atoms with E-state index in [2.05, 4.69) is 10.3 Å². The highest BCUT2D eigenvalue weighted by Gasteiger charge is 2.04. The zero-order chi connectivity index (χ0) is 12.8. The summed E-state index contributed by atoms with van der Waals surface area (Å²) in [5.74, 6) is 1.47. The van der Waals surface area contributed by atoms with E-state index in [1.807, 2.05) is 29.8 Å². The zero-order valence-corrected chi connectivity index (χ0v) is 11.3. The molecule has 0 fully saturated rings. The third-order valence-electron chi connectivity index (χ3n) is 2.53. The smallest absolute Gasteiger partial charge is 0.162 e. The number of aromatic nitrogens is 1. The average molecular weight is 264 g/mol. The number of methoxy groups -OCH3 is 2. The minimum Gasteiger partial charge on any atom is -0.493 e. The van der Waals surface area contributed by atoms with Gasteiger partial charge in [-0.2, -0.15) is 0 Å². The first kappa shape index (κ1) is 12.7. The molecule has 0 atom stereocenters. The molecular formula is C13H16N2O2S. The van der Waals surface area contributed by atoms with Gasteiger partial charge in [0.25, 0.3) is 0 Å². The lowest BCUT2D eigenvalue weighted by Crippen LogP contribution is -2.04. The molecular weight excluding hydrogens is 248 g/mol. The van der Waals surface area contributed by atoms with Crippen molar-refractivity contribution in [3.63, 3.8) is 0 Å². The van der Waals surface area contributed by atoms with Crippen molar-refractivity contribution in [3.05, 3.63) is 34.8 Å². The normalized spacial score (nSPS) is 10.1. The van der Waals surface area contributed by atoms with Crippen molar-refractivity contribution in [1.82, 2.24) is 4.98 Å². The number of nitrogens with one attached hydrogen (secondary N) is 1. The Balaban J connectivity index is 1.93. The van der Waals surface area contributed by atoms with Crippen LogP contribution in [0.4, 0.5) is 5.69 Å². The first-order valence-corrected chi connectivity index (χ1v) is 6.55. The van der Waals surface area contributed by atoms with Crippen molar-refractivity contribution in [1.29, 1.82) is 0 Å². The van der Waals surface area contributed by atoms with Crippen molar-refractivity contribution in [2.45, 2.75) is 6.42 Å². The maximum Gasteiger partial charge on any atom is 0.162 e. The van der Waals surface area contributed by atoms with Gasteiger partial charge in [-0.05, 0) is 12.1 Å². The number of anilines is 1. The van der Waals surface area contributed by atoms with Gasteiger partial charge in [-0.1, -0.05) is 0 Å². The summed E-state index contributed by atoms with van der Waals surface area (Å²) in [4.78, 5) is 4.24. The van der Waals surface area contributed by atoms with Crippen LogP contribution in [0.5, 0.6) is 11.5 Å². The van der Waals surface area contributed by atoms with Gasteiger partial charge in [-0.15, -0.1) is 11.3 Å². The Labute approximate surface area is 111 Å². The molecule has 4 nitrogen and oxygen atoms in total. The topological polar surface area (TPSA) is 43.4 Å². The predicted molar refractivity (Wildman–Crippen MR) is 73.9 cm³/mol. The Morgan fingerprint density at radius 3 is 2.72 bits per heavy atom. The molecule has 0 aliphatic heterocycles. The number of thiazole rings is 1. The summed E-state index contributed by atoms with van der Waals surface area (Å²) in [7, 11) is 3.27. The predicted octanol–water partition coefficient (Wildman–Crippen LogP) is 2.81. The largest absolute Gasteiger partial charge is 0.493 e. The Morgan fingerprint density at radius 1 is 1.22 bits per heavy atom. The van der Waals surface area contributed by atoms with Gasteiger partial charge in [0.2, 0.25) is 0 Å². The van der Waals surface area contributed by atoms with E-state index >= 15 is 0 Å². The van der Waals surface area contributed by atoms with E-state index in [0.29, 0.717) is 0 Å². The molecule has 1 N–H and O–H groups in total. The highest BCUT2D eigenvalue weighted by atomic mass is 32.1. The second-order valence-corrected chi connectivity index (χ2v) is 4.65. The van der Waals surface area contributed by atoms with Crippen molar-refractivity contribution in [2.24, 2.45) is 0 Å². The Morgan fingerprint density at radius 2 is 2.06 bits per heavy atom. The summed E-state index contributed by atoms with van der Waals surface area (Å²) >= 11 is 1.68. The second-order valence-electron chi connectivity index (χ2n) is 3.67. The Hall–Kier alpha value is -1.75. The van der Waals surface area contributed by atoms with Gasteiger partial charge in [-0.3, -0.25) is 0 Å². The lowest BCUT2D eigenvalue weighted by molar-refractivity contribution is 0.355. The molecule has 0 saturated heterocycles. The van der Waals surface area contributed by atoms with Gasteiger partial charge in [-0.25, -0.2) is 4.98 Å². The van der Waals surface area contributed by atoms with Crippen LogP contribution in [0.3, 0.4) is 0 Å². The van der Waals surface area contributed by atoms with E-state index in [4.69, 9.17) is 9.47 Å². The molecule has 18 heavy (non-hydrogen) atoms. The van der Waals surface area contributed by atoms with Crippen molar-refractivity contribution in [3.8, 4) is 11.5 Å². The molecule has 1 aromatic carbocycles. The molecule has 1 aromatic heterocycles. The average Bonchev–Trinajstić information content (AvgIpc) is 2.91. The van der Waals surface area contributed by atoms with Crippen molar-refractivity contribution >= 4 is 17.0 Å². The van der Waals surface area contributed by atoms with Gasteiger partial charge in [0.15, 0.2) is 11.5 Å². The molecule has 0 unspecified atom stereocenters. The van der Waals surface area contributed by atoms with Gasteiger partial charge >= 0.3 is 0 Å². The zero-order valence-electron chi connectivity index (χ0n) is 10.5. The first-order chi connectivity index (χ1) is 8.83. The third kappa shape index (κ3) is 3.13. The van der Waals surface area contributed by atoms with Gasteiger partial charge in [0, 0.05) is 36.3 Å². The maximum absolute atomic E-state index is 5.25. The standard InChI is InChI=1S/C13H16N2O2S/c1-16-11-4-3-10(9-12(11)17-2)14-6-5-13-15-7-8-18-13/h3-4,7-9,14H,5-6H2,1-2H3. The molecule has 0 aliphatic carbocycles. The van der Waals surface area contributed by atoms with Crippen molar-refractivity contribution in [2.75, 3.05) is 26.1 Å². The van der Waals surface area contributed by atoms with Crippen LogP contribution in [0.2, 0.25) is 0 Å². The summed E-state index contributed by atoms with van der Waals surface area (Å²) in [6.07, 6.45) is 2.75. The van der Waals surface area contributed by atoms with E-state index in [9.17, 15) is 0 Å². The van der Waals surface area contributed by atoms with Crippen LogP contribution < -0.4 is 14.8 Å². The third-order valence-corrected chi connectivity index (χ3v) is 3.37. The number of hydrogen-bond donors (Lipinski definition) is 1. The number of nitrogens with zero attached hydrogens (tertiary/aromatic N) is 1. The molecule has 0 aliphatic rings. The Kier molecular flexibility index (Phi) is 4.41. The van der Waals surface area contributed by atoms with Crippen LogP contribution in [0, 0.1) is 0 Å². The van der Waals surface area contributed by atoms with E-state index in [-0.39, 0.29) is 0 Å². The van der Waals surface area contributed by atoms with E-state index in [1.54, 1.807) is 25.6 Å². The molecule has 2 rings (SSSR count). The van der Waals surface area contributed by atoms with Gasteiger partial charge < -0.3 is 14.8 Å². The fraction of sp³-hybridized carbons (Fsp3) is 0.308. The minimum absolute atomic E-state index is 0.733. The summed E-state index contributed by atoms with van der Waals surface area (Å²) in [5.41, 5.74) is 1.02. The van der Waals surface area contributed by atoms with Crippen LogP contribution in [0.15, 0.2) is 29.8 Å². The fourth-order valence-electron chi connectivity index (χ4n) is 1.64. The number of benzene rings is 1. The lowest BCUT2D eigenvalue weighted by Gasteiger charge is -2.10. The summed E-state index contributed by atoms with van der Waals surface area (Å²) in [6, 6.07) is 5.80. The second kappa shape index (κ2) is 6.26. The summed E-state index contributed by atoms with van der Waals surface area (Å²) in [5, 5.41) is 6.47. The highest BCUT2D eigenvalue weighted by Crippen LogP contribution is 2.29. The molecule has 0 amide bonds. The molecule has 5 heteroatoms. The Bertz CT molecular complexity index is 486. The number of ether oxygens (including phenoxy) is 2. The number of hydrogen-bond acceptors (Lipinski definition) is 5. The quantitative estimate of drug-likeness (QED) is 0.871. The van der Waals surface area contributed by atoms with Gasteiger partial charge in [0.1, 0.15) is 0 Å². The van der Waals surface area contributed by atoms with Crippen LogP contribution in [0.1, 0.15) is 5.01 Å². The van der Waals surface area contributed by atoms with Crippen LogP contribution >= 0.6 is 11.3 Å². The maximum atomic E-state index is 5.25. The van der Waals surface area contributed by atoms with Crippen molar-refractivity contribution < 1.29 is 9.47 Å². The van der Waals surface area contributed by atoms with Gasteiger partial charge in [0.05, 0.1) is 19.2 Å². The van der Waals surface area contributed by atoms with E-state index < -0.39 is 0 Å². The number of rotatable bonds is 6. The molecule has 96 valence electrons. The van der Waals surface area contributed by atoms with Crippen LogP contribution in [-0.2, 0) is 6.42 Å². The highest BCUT2D eigenvalue weighted by molar-refractivity contribution is 7.09. The first-order valence-electron chi connectivity index (χ1n) is 5.67. The lowest BCUT2D eigenvalue weighted by atomic mass is 10.2. The summed E-state index contributed by atoms with van der Waals surface area (Å²) < 4.78 is 10.4. The molecule has 1 heterocycles. The monoisotopic (exact) mass is 264 g/mol. The molecule has 0 radical (unpaired) electrons. The van der Waals surface area contributed by atoms with Crippen LogP contribution in [-0.4, -0.2) is 25.7 Å². The molecule has 0 saturated carbocycles. The minimum atomic E-state index is 0.733.